The predicted octanol–water partition coefficient (Wildman–Crippen LogP) is 2.99. The Kier molecular flexibility index (Phi) is 6.17. The molecule has 0 fully saturated rings. The number of hydrogen-bond donors (Lipinski definition) is 1. The molecule has 3 nitrogen and oxygen atoms in total. The van der Waals surface area contributed by atoms with E-state index >= 15 is 0 Å². The molecule has 0 aromatic carbocycles. The minimum absolute atomic E-state index is 0.0113. The second-order valence-electron chi connectivity index (χ2n) is 6.96. The molecule has 0 saturated heterocycles. The molecule has 102 valence electrons. The fourth-order valence-electron chi connectivity index (χ4n) is 1.53. The van der Waals surface area contributed by atoms with Crippen LogP contribution in [0, 0.1) is 10.8 Å². The van der Waals surface area contributed by atoms with Gasteiger partial charge in [0.05, 0.1) is 6.42 Å². The lowest BCUT2D eigenvalue weighted by molar-refractivity contribution is -0.156. The monoisotopic (exact) mass is 243 g/mol. The fraction of sp³-hybridized carbons (Fsp3) is 0.929. The van der Waals surface area contributed by atoms with E-state index in [1.165, 1.54) is 0 Å². The van der Waals surface area contributed by atoms with E-state index < -0.39 is 0 Å². The summed E-state index contributed by atoms with van der Waals surface area (Å²) in [4.78, 5) is 11.7. The second kappa shape index (κ2) is 6.39. The van der Waals surface area contributed by atoms with Gasteiger partial charge in [-0.15, -0.1) is 0 Å². The van der Waals surface area contributed by atoms with Crippen LogP contribution in [0.25, 0.3) is 0 Å². The molecule has 17 heavy (non-hydrogen) atoms. The van der Waals surface area contributed by atoms with Crippen molar-refractivity contribution >= 4 is 5.97 Å². The van der Waals surface area contributed by atoms with Gasteiger partial charge in [0.2, 0.25) is 0 Å². The molecule has 0 aromatic rings. The molecule has 0 saturated carbocycles. The first-order chi connectivity index (χ1) is 7.56. The molecule has 0 heterocycles. The van der Waals surface area contributed by atoms with Gasteiger partial charge in [0.1, 0.15) is 6.10 Å². The lowest BCUT2D eigenvalue weighted by atomic mass is 9.78. The Morgan fingerprint density at radius 2 is 1.71 bits per heavy atom. The molecule has 0 radical (unpaired) electrons. The van der Waals surface area contributed by atoms with E-state index in [-0.39, 0.29) is 22.9 Å². The second-order valence-corrected chi connectivity index (χ2v) is 6.96. The summed E-state index contributed by atoms with van der Waals surface area (Å²) in [6.07, 6.45) is 1.31. The molecule has 0 aliphatic rings. The molecule has 0 aliphatic heterocycles. The summed E-state index contributed by atoms with van der Waals surface area (Å²) in [6.45, 7) is 13.6. The lowest BCUT2D eigenvalue weighted by Gasteiger charge is -2.35. The van der Waals surface area contributed by atoms with E-state index in [2.05, 4.69) is 46.9 Å². The number of hydrogen-bond acceptors (Lipinski definition) is 3. The van der Waals surface area contributed by atoms with Crippen molar-refractivity contribution in [3.05, 3.63) is 0 Å². The van der Waals surface area contributed by atoms with Gasteiger partial charge in [-0.1, -0.05) is 41.5 Å². The van der Waals surface area contributed by atoms with E-state index in [4.69, 9.17) is 4.74 Å². The summed E-state index contributed by atoms with van der Waals surface area (Å²) in [5.41, 5.74) is 0.157. The smallest absolute Gasteiger partial charge is 0.307 e. The summed E-state index contributed by atoms with van der Waals surface area (Å²) in [5, 5.41) is 2.96. The van der Waals surface area contributed by atoms with Gasteiger partial charge in [0.25, 0.3) is 0 Å². The summed E-state index contributed by atoms with van der Waals surface area (Å²) in [5.74, 6) is -0.108. The maximum absolute atomic E-state index is 11.7. The van der Waals surface area contributed by atoms with Crippen molar-refractivity contribution in [3.8, 4) is 0 Å². The highest BCUT2D eigenvalue weighted by Crippen LogP contribution is 2.32. The van der Waals surface area contributed by atoms with Crippen molar-refractivity contribution in [1.29, 1.82) is 0 Å². The van der Waals surface area contributed by atoms with Gasteiger partial charge < -0.3 is 10.1 Å². The van der Waals surface area contributed by atoms with E-state index in [0.717, 1.165) is 6.42 Å². The molecule has 0 bridgehead atoms. The number of nitrogens with one attached hydrogen (secondary N) is 1. The van der Waals surface area contributed by atoms with Crippen molar-refractivity contribution in [1.82, 2.24) is 5.32 Å². The Morgan fingerprint density at radius 1 is 1.18 bits per heavy atom. The highest BCUT2D eigenvalue weighted by molar-refractivity contribution is 5.69. The molecule has 1 atom stereocenters. The molecule has 0 aromatic heterocycles. The Labute approximate surface area is 106 Å². The van der Waals surface area contributed by atoms with Crippen molar-refractivity contribution in [3.63, 3.8) is 0 Å². The van der Waals surface area contributed by atoms with Gasteiger partial charge in [0.15, 0.2) is 0 Å². The minimum Gasteiger partial charge on any atom is -0.462 e. The first kappa shape index (κ1) is 16.4. The highest BCUT2D eigenvalue weighted by atomic mass is 16.5. The van der Waals surface area contributed by atoms with Gasteiger partial charge in [-0.3, -0.25) is 4.79 Å². The normalized spacial score (nSPS) is 14.5. The molecular formula is C14H29NO2. The van der Waals surface area contributed by atoms with Crippen LogP contribution in [0.1, 0.15) is 54.4 Å². The van der Waals surface area contributed by atoms with Crippen LogP contribution in [-0.2, 0) is 9.53 Å². The van der Waals surface area contributed by atoms with Crippen LogP contribution in [0.3, 0.4) is 0 Å². The van der Waals surface area contributed by atoms with Crippen LogP contribution in [0.15, 0.2) is 0 Å². The van der Waals surface area contributed by atoms with Gasteiger partial charge in [-0.25, -0.2) is 0 Å². The van der Waals surface area contributed by atoms with Gasteiger partial charge in [-0.05, 0) is 24.3 Å². The zero-order chi connectivity index (χ0) is 13.7. The Morgan fingerprint density at radius 3 is 2.06 bits per heavy atom. The molecule has 0 spiro atoms. The Bertz CT molecular complexity index is 236. The average molecular weight is 243 g/mol. The van der Waals surface area contributed by atoms with Crippen molar-refractivity contribution < 1.29 is 9.53 Å². The lowest BCUT2D eigenvalue weighted by Crippen LogP contribution is -2.35. The van der Waals surface area contributed by atoms with Crippen molar-refractivity contribution in [2.45, 2.75) is 60.5 Å². The van der Waals surface area contributed by atoms with Crippen LogP contribution >= 0.6 is 0 Å². The number of carbonyl (C=O) groups excluding carboxylic acids is 1. The third-order valence-electron chi connectivity index (χ3n) is 2.62. The fourth-order valence-corrected chi connectivity index (χ4v) is 1.53. The summed E-state index contributed by atoms with van der Waals surface area (Å²) < 4.78 is 5.61. The summed E-state index contributed by atoms with van der Waals surface area (Å²) in [6, 6.07) is 0. The van der Waals surface area contributed by atoms with Gasteiger partial charge in [0, 0.05) is 6.54 Å². The van der Waals surface area contributed by atoms with Crippen molar-refractivity contribution in [2.75, 3.05) is 13.6 Å². The maximum Gasteiger partial charge on any atom is 0.307 e. The minimum atomic E-state index is -0.108. The van der Waals surface area contributed by atoms with Crippen molar-refractivity contribution in [2.24, 2.45) is 10.8 Å². The molecule has 1 unspecified atom stereocenters. The Hall–Kier alpha value is -0.570. The number of esters is 1. The molecule has 0 amide bonds. The van der Waals surface area contributed by atoms with Gasteiger partial charge >= 0.3 is 5.97 Å². The molecule has 0 aliphatic carbocycles. The highest BCUT2D eigenvalue weighted by Gasteiger charge is 2.31. The summed E-state index contributed by atoms with van der Waals surface area (Å²) >= 11 is 0. The number of rotatable bonds is 5. The molecule has 0 rings (SSSR count). The van der Waals surface area contributed by atoms with E-state index in [0.29, 0.717) is 13.0 Å². The van der Waals surface area contributed by atoms with E-state index in [1.54, 1.807) is 0 Å². The molecular weight excluding hydrogens is 214 g/mol. The topological polar surface area (TPSA) is 38.3 Å². The number of ether oxygens (including phenoxy) is 1. The zero-order valence-electron chi connectivity index (χ0n) is 12.5. The zero-order valence-corrected chi connectivity index (χ0v) is 12.5. The van der Waals surface area contributed by atoms with E-state index in [9.17, 15) is 4.79 Å². The van der Waals surface area contributed by atoms with Gasteiger partial charge in [-0.2, -0.15) is 0 Å². The third-order valence-corrected chi connectivity index (χ3v) is 2.62. The SMILES string of the molecule is CNCCC(=O)OC(CC(C)(C)C)C(C)(C)C. The Balaban J connectivity index is 4.46. The average Bonchev–Trinajstić information content (AvgIpc) is 2.10. The third kappa shape index (κ3) is 8.19. The first-order valence-corrected chi connectivity index (χ1v) is 6.40. The summed E-state index contributed by atoms with van der Waals surface area (Å²) in [7, 11) is 1.84. The largest absolute Gasteiger partial charge is 0.462 e. The predicted molar refractivity (Wildman–Crippen MR) is 72.0 cm³/mol. The molecule has 1 N–H and O–H groups in total. The van der Waals surface area contributed by atoms with Crippen LogP contribution in [0.4, 0.5) is 0 Å². The first-order valence-electron chi connectivity index (χ1n) is 6.40. The maximum atomic E-state index is 11.7. The van der Waals surface area contributed by atoms with Crippen LogP contribution < -0.4 is 5.32 Å². The van der Waals surface area contributed by atoms with Crippen LogP contribution in [0.2, 0.25) is 0 Å². The number of carbonyl (C=O) groups is 1. The van der Waals surface area contributed by atoms with Crippen LogP contribution in [0.5, 0.6) is 0 Å². The quantitative estimate of drug-likeness (QED) is 0.754. The molecule has 3 heteroatoms. The van der Waals surface area contributed by atoms with Crippen LogP contribution in [-0.4, -0.2) is 25.7 Å². The standard InChI is InChI=1S/C14H29NO2/c1-13(2,3)10-11(14(4,5)6)17-12(16)8-9-15-7/h11,15H,8-10H2,1-7H3. The van der Waals surface area contributed by atoms with E-state index in [1.807, 2.05) is 7.05 Å².